The zero-order chi connectivity index (χ0) is 23.8. The predicted molar refractivity (Wildman–Crippen MR) is 122 cm³/mol. The summed E-state index contributed by atoms with van der Waals surface area (Å²) in [4.78, 5) is 0. The zero-order valence-corrected chi connectivity index (χ0v) is 18.5. The van der Waals surface area contributed by atoms with Gasteiger partial charge in [0.2, 0.25) is 0 Å². The molecule has 0 N–H and O–H groups in total. The van der Waals surface area contributed by atoms with Crippen molar-refractivity contribution in [2.75, 3.05) is 0 Å². The lowest BCUT2D eigenvalue weighted by Crippen LogP contribution is -2.03. The second-order valence-electron chi connectivity index (χ2n) is 8.01. The predicted octanol–water partition coefficient (Wildman–Crippen LogP) is 7.19. The summed E-state index contributed by atoms with van der Waals surface area (Å²) in [5, 5.41) is 8.73. The van der Waals surface area contributed by atoms with E-state index in [0.29, 0.717) is 18.4 Å². The Bertz CT molecular complexity index is 1130. The molecule has 0 bridgehead atoms. The van der Waals surface area contributed by atoms with Crippen molar-refractivity contribution >= 4 is 0 Å². The van der Waals surface area contributed by atoms with Gasteiger partial charge in [0.25, 0.3) is 0 Å². The zero-order valence-electron chi connectivity index (χ0n) is 18.5. The van der Waals surface area contributed by atoms with E-state index in [1.165, 1.54) is 23.8 Å². The second-order valence-corrected chi connectivity index (χ2v) is 8.01. The van der Waals surface area contributed by atoms with Gasteiger partial charge in [0.1, 0.15) is 34.9 Å². The minimum Gasteiger partial charge on any atom is -0.207 e. The van der Waals surface area contributed by atoms with E-state index in [-0.39, 0.29) is 24.0 Å². The molecule has 0 spiro atoms. The molecule has 0 aliphatic heterocycles. The van der Waals surface area contributed by atoms with Crippen LogP contribution in [0.25, 0.3) is 0 Å². The Balaban J connectivity index is 1.61. The van der Waals surface area contributed by atoms with Crippen molar-refractivity contribution in [2.24, 2.45) is 0 Å². The molecule has 0 atom stereocenters. The third-order valence-electron chi connectivity index (χ3n) is 5.64. The maximum atomic E-state index is 14.6. The summed E-state index contributed by atoms with van der Waals surface area (Å²) >= 11 is 0. The van der Waals surface area contributed by atoms with E-state index in [1.807, 2.05) is 25.1 Å². The van der Waals surface area contributed by atoms with Crippen LogP contribution in [0.4, 0.5) is 17.6 Å². The summed E-state index contributed by atoms with van der Waals surface area (Å²) < 4.78 is 56.7. The molecule has 33 heavy (non-hydrogen) atoms. The van der Waals surface area contributed by atoms with Crippen LogP contribution in [-0.4, -0.2) is 0 Å². The van der Waals surface area contributed by atoms with Gasteiger partial charge in [-0.2, -0.15) is 5.26 Å². The fourth-order valence-corrected chi connectivity index (χ4v) is 3.76. The molecule has 3 rings (SSSR count). The van der Waals surface area contributed by atoms with Crippen molar-refractivity contribution in [3.8, 4) is 6.07 Å². The van der Waals surface area contributed by atoms with E-state index in [4.69, 9.17) is 5.26 Å². The highest BCUT2D eigenvalue weighted by Gasteiger charge is 2.14. The minimum atomic E-state index is -0.977. The highest BCUT2D eigenvalue weighted by atomic mass is 19.1. The summed E-state index contributed by atoms with van der Waals surface area (Å²) in [5.41, 5.74) is 2.36. The van der Waals surface area contributed by atoms with Gasteiger partial charge in [-0.3, -0.25) is 0 Å². The number of aryl methyl sites for hydroxylation is 4. The largest absolute Gasteiger partial charge is 0.207 e. The Morgan fingerprint density at radius 1 is 0.667 bits per heavy atom. The van der Waals surface area contributed by atoms with Crippen molar-refractivity contribution in [2.45, 2.75) is 45.4 Å². The molecule has 0 aromatic heterocycles. The van der Waals surface area contributed by atoms with Gasteiger partial charge < -0.3 is 0 Å². The van der Waals surface area contributed by atoms with Crippen LogP contribution in [0.3, 0.4) is 0 Å². The highest BCUT2D eigenvalue weighted by molar-refractivity contribution is 5.36. The van der Waals surface area contributed by atoms with E-state index >= 15 is 0 Å². The molecule has 3 aromatic rings. The fourth-order valence-electron chi connectivity index (χ4n) is 3.76. The molecule has 1 nitrogen and oxygen atoms in total. The summed E-state index contributed by atoms with van der Waals surface area (Å²) in [6, 6.07) is 14.4. The Kier molecular flexibility index (Phi) is 8.43. The summed E-state index contributed by atoms with van der Waals surface area (Å²) in [6.45, 7) is 2.00. The first kappa shape index (κ1) is 24.3. The van der Waals surface area contributed by atoms with Gasteiger partial charge in [0, 0.05) is 5.56 Å². The molecular formula is C28H25F4N. The molecule has 3 aromatic carbocycles. The summed E-state index contributed by atoms with van der Waals surface area (Å²) in [6.07, 6.45) is 7.30. The number of nitrogens with zero attached hydrogens (tertiary/aromatic N) is 1. The van der Waals surface area contributed by atoms with Crippen molar-refractivity contribution < 1.29 is 17.6 Å². The van der Waals surface area contributed by atoms with Gasteiger partial charge >= 0.3 is 0 Å². The Morgan fingerprint density at radius 2 is 1.12 bits per heavy atom. The van der Waals surface area contributed by atoms with Gasteiger partial charge in [0.15, 0.2) is 0 Å². The number of hydrogen-bond acceptors (Lipinski definition) is 1. The Morgan fingerprint density at radius 3 is 1.64 bits per heavy atom. The molecule has 170 valence electrons. The maximum Gasteiger partial charge on any atom is 0.144 e. The first-order valence-corrected chi connectivity index (χ1v) is 10.9. The van der Waals surface area contributed by atoms with Crippen LogP contribution >= 0.6 is 0 Å². The molecule has 0 heterocycles. The van der Waals surface area contributed by atoms with Crippen molar-refractivity contribution in [1.29, 1.82) is 5.26 Å². The first-order chi connectivity index (χ1) is 15.9. The smallest absolute Gasteiger partial charge is 0.144 e. The second kappa shape index (κ2) is 11.5. The van der Waals surface area contributed by atoms with Crippen LogP contribution < -0.4 is 0 Å². The highest BCUT2D eigenvalue weighted by Crippen LogP contribution is 2.21. The molecule has 5 heteroatoms. The quantitative estimate of drug-likeness (QED) is 0.249. The Hall–Kier alpha value is -3.39. The average molecular weight is 452 g/mol. The normalized spacial score (nSPS) is 11.2. The van der Waals surface area contributed by atoms with E-state index in [0.717, 1.165) is 30.5 Å². The third-order valence-corrected chi connectivity index (χ3v) is 5.64. The molecular weight excluding hydrogens is 426 g/mol. The fraction of sp³-hybridized carbons (Fsp3) is 0.250. The van der Waals surface area contributed by atoms with E-state index < -0.39 is 28.8 Å². The Labute approximate surface area is 192 Å². The standard InChI is InChI=1S/C28H25F4N/c1-2-3-4-5-19-6-8-20(9-7-19)10-11-21-14-25(29)23(26(30)15-21)13-12-22-16-27(31)24(18-33)28(32)17-22/h2-3,6-9,14-17H,4-5,10-13H2,1H3/b3-2+. The lowest BCUT2D eigenvalue weighted by atomic mass is 9.98. The lowest BCUT2D eigenvalue weighted by molar-refractivity contribution is 0.549. The van der Waals surface area contributed by atoms with E-state index in [1.54, 1.807) is 0 Å². The van der Waals surface area contributed by atoms with Gasteiger partial charge in [-0.1, -0.05) is 36.4 Å². The van der Waals surface area contributed by atoms with Crippen LogP contribution in [0.15, 0.2) is 60.7 Å². The van der Waals surface area contributed by atoms with Crippen molar-refractivity contribution in [1.82, 2.24) is 0 Å². The number of benzene rings is 3. The number of rotatable bonds is 9. The topological polar surface area (TPSA) is 23.8 Å². The summed E-state index contributed by atoms with van der Waals surface area (Å²) in [7, 11) is 0. The molecule has 0 fully saturated rings. The van der Waals surface area contributed by atoms with Gasteiger partial charge in [0.05, 0.1) is 0 Å². The third kappa shape index (κ3) is 6.55. The number of allylic oxidation sites excluding steroid dienone is 2. The van der Waals surface area contributed by atoms with E-state index in [9.17, 15) is 17.6 Å². The first-order valence-electron chi connectivity index (χ1n) is 10.9. The lowest BCUT2D eigenvalue weighted by Gasteiger charge is -2.10. The molecule has 0 aliphatic rings. The van der Waals surface area contributed by atoms with Crippen molar-refractivity contribution in [3.63, 3.8) is 0 Å². The minimum absolute atomic E-state index is 0.0442. The van der Waals surface area contributed by atoms with Crippen LogP contribution in [0.2, 0.25) is 0 Å². The molecule has 0 saturated heterocycles. The van der Waals surface area contributed by atoms with Gasteiger partial charge in [-0.15, -0.1) is 0 Å². The monoisotopic (exact) mass is 451 g/mol. The number of halogens is 4. The molecule has 0 unspecified atom stereocenters. The van der Waals surface area contributed by atoms with Crippen LogP contribution in [0.1, 0.15) is 46.7 Å². The average Bonchev–Trinajstić information content (AvgIpc) is 2.78. The van der Waals surface area contributed by atoms with Crippen LogP contribution in [-0.2, 0) is 32.1 Å². The molecule has 0 amide bonds. The van der Waals surface area contributed by atoms with Crippen LogP contribution in [0, 0.1) is 34.6 Å². The van der Waals surface area contributed by atoms with Gasteiger partial charge in [-0.05, 0) is 92.0 Å². The maximum absolute atomic E-state index is 14.6. The number of nitriles is 1. The summed E-state index contributed by atoms with van der Waals surface area (Å²) in [5.74, 6) is -3.29. The number of hydrogen-bond donors (Lipinski definition) is 0. The SMILES string of the molecule is C/C=C/CCc1ccc(CCc2cc(F)c(CCc3cc(F)c(C#N)c(F)c3)c(F)c2)cc1. The van der Waals surface area contributed by atoms with Gasteiger partial charge in [-0.25, -0.2) is 17.6 Å². The van der Waals surface area contributed by atoms with Crippen molar-refractivity contribution in [3.05, 3.63) is 117 Å². The van der Waals surface area contributed by atoms with Crippen LogP contribution in [0.5, 0.6) is 0 Å². The van der Waals surface area contributed by atoms with E-state index in [2.05, 4.69) is 18.2 Å². The molecule has 0 radical (unpaired) electrons. The molecule has 0 saturated carbocycles. The molecule has 0 aliphatic carbocycles.